The zero-order valence-corrected chi connectivity index (χ0v) is 32.3. The molecule has 1 saturated heterocycles. The summed E-state index contributed by atoms with van der Waals surface area (Å²) in [5.41, 5.74) is 6.13. The molecule has 0 aromatic heterocycles. The van der Waals surface area contributed by atoms with E-state index in [0.717, 1.165) is 0 Å². The number of amides is 5. The lowest BCUT2D eigenvalue weighted by molar-refractivity contribution is -0.138. The first kappa shape index (κ1) is 44.5. The molecular formula is C34H62N6O7S2. The van der Waals surface area contributed by atoms with Crippen LogP contribution >= 0.6 is 21.6 Å². The van der Waals surface area contributed by atoms with Gasteiger partial charge in [0.05, 0.1) is 6.42 Å². The number of nitrogens with two attached hydrogens (primary N) is 1. The van der Waals surface area contributed by atoms with E-state index in [2.05, 4.69) is 26.6 Å². The van der Waals surface area contributed by atoms with Gasteiger partial charge < -0.3 is 37.4 Å². The molecule has 2 unspecified atom stereocenters. The van der Waals surface area contributed by atoms with Gasteiger partial charge in [0.1, 0.15) is 0 Å². The molecule has 8 N–H and O–H groups in total. The number of aliphatic carboxylic acids is 1. The molecule has 5 amide bonds. The Labute approximate surface area is 300 Å². The van der Waals surface area contributed by atoms with Crippen molar-refractivity contribution >= 4 is 57.1 Å². The van der Waals surface area contributed by atoms with Crippen LogP contribution in [0.5, 0.6) is 0 Å². The van der Waals surface area contributed by atoms with Gasteiger partial charge in [-0.05, 0) is 36.5 Å². The maximum Gasteiger partial charge on any atom is 0.305 e. The minimum absolute atomic E-state index is 0.00213. The minimum atomic E-state index is -1.01. The van der Waals surface area contributed by atoms with E-state index in [-0.39, 0.29) is 97.8 Å². The van der Waals surface area contributed by atoms with Crippen molar-refractivity contribution in [2.45, 2.75) is 143 Å². The average Bonchev–Trinajstić information content (AvgIpc) is 2.92. The predicted octanol–water partition coefficient (Wildman–Crippen LogP) is 2.96. The van der Waals surface area contributed by atoms with Gasteiger partial charge in [0.2, 0.25) is 29.5 Å². The third-order valence-electron chi connectivity index (χ3n) is 8.14. The van der Waals surface area contributed by atoms with Gasteiger partial charge in [-0.1, -0.05) is 77.0 Å². The summed E-state index contributed by atoms with van der Waals surface area (Å²) in [6.07, 6.45) is 0.953. The number of carbonyl (C=O) groups excluding carboxylic acids is 5. The molecule has 0 bridgehead atoms. The molecule has 15 heteroatoms. The smallest absolute Gasteiger partial charge is 0.305 e. The molecule has 0 radical (unpaired) electrons. The summed E-state index contributed by atoms with van der Waals surface area (Å²) in [7, 11) is 2.82. The lowest BCUT2D eigenvalue weighted by Gasteiger charge is -2.26. The van der Waals surface area contributed by atoms with Crippen molar-refractivity contribution < 1.29 is 33.9 Å². The molecular weight excluding hydrogens is 669 g/mol. The molecule has 49 heavy (non-hydrogen) atoms. The lowest BCUT2D eigenvalue weighted by Crippen LogP contribution is -2.48. The van der Waals surface area contributed by atoms with Crippen molar-refractivity contribution in [2.24, 2.45) is 29.4 Å². The number of carbonyl (C=O) groups is 6. The van der Waals surface area contributed by atoms with Crippen LogP contribution in [0.2, 0.25) is 0 Å². The molecule has 0 saturated carbocycles. The molecule has 13 nitrogen and oxygen atoms in total. The highest BCUT2D eigenvalue weighted by Crippen LogP contribution is 2.25. The number of carboxylic acids is 1. The molecule has 0 aliphatic carbocycles. The van der Waals surface area contributed by atoms with E-state index in [9.17, 15) is 33.9 Å². The van der Waals surface area contributed by atoms with Gasteiger partial charge in [0.25, 0.3) is 0 Å². The number of carboxylic acid groups (broad SMARTS) is 1. The second kappa shape index (κ2) is 23.0. The average molecular weight is 731 g/mol. The van der Waals surface area contributed by atoms with E-state index in [1.54, 1.807) is 0 Å². The Balaban J connectivity index is 3.27. The van der Waals surface area contributed by atoms with Crippen LogP contribution in [0.4, 0.5) is 0 Å². The van der Waals surface area contributed by atoms with Gasteiger partial charge in [-0.25, -0.2) is 0 Å². The summed E-state index contributed by atoms with van der Waals surface area (Å²) in [6.45, 7) is 15.6. The fourth-order valence-corrected chi connectivity index (χ4v) is 7.97. The lowest BCUT2D eigenvalue weighted by atomic mass is 9.97. The van der Waals surface area contributed by atoms with E-state index < -0.39 is 36.2 Å². The van der Waals surface area contributed by atoms with Gasteiger partial charge >= 0.3 is 5.97 Å². The molecule has 1 aliphatic rings. The van der Waals surface area contributed by atoms with Crippen molar-refractivity contribution in [3.05, 3.63) is 0 Å². The third kappa shape index (κ3) is 20.7. The topological polar surface area (TPSA) is 209 Å². The Morgan fingerprint density at radius 2 is 1.39 bits per heavy atom. The Hall–Kier alpha value is -2.52. The quantitative estimate of drug-likeness (QED) is 0.130. The molecule has 1 fully saturated rings. The van der Waals surface area contributed by atoms with E-state index >= 15 is 0 Å². The normalized spacial score (nSPS) is 23.3. The molecule has 6 atom stereocenters. The van der Waals surface area contributed by atoms with Gasteiger partial charge in [-0.15, -0.1) is 0 Å². The summed E-state index contributed by atoms with van der Waals surface area (Å²) in [4.78, 5) is 77.2. The van der Waals surface area contributed by atoms with E-state index in [1.165, 1.54) is 21.6 Å². The zero-order chi connectivity index (χ0) is 37.3. The maximum absolute atomic E-state index is 13.3. The maximum atomic E-state index is 13.3. The first-order chi connectivity index (χ1) is 22.8. The Bertz CT molecular complexity index is 1090. The van der Waals surface area contributed by atoms with Crippen LogP contribution in [0.25, 0.3) is 0 Å². The first-order valence-corrected chi connectivity index (χ1v) is 20.0. The van der Waals surface area contributed by atoms with Crippen LogP contribution in [0.1, 0.15) is 107 Å². The van der Waals surface area contributed by atoms with Crippen molar-refractivity contribution in [3.63, 3.8) is 0 Å². The van der Waals surface area contributed by atoms with Crippen LogP contribution < -0.4 is 32.3 Å². The summed E-state index contributed by atoms with van der Waals surface area (Å²) in [6, 6.07) is -2.90. The number of nitrogens with one attached hydrogen (secondary N) is 5. The van der Waals surface area contributed by atoms with Crippen molar-refractivity contribution in [2.75, 3.05) is 11.5 Å². The van der Waals surface area contributed by atoms with Crippen LogP contribution in [-0.4, -0.2) is 88.4 Å². The zero-order valence-electron chi connectivity index (χ0n) is 30.6. The number of hydrogen-bond donors (Lipinski definition) is 7. The highest BCUT2D eigenvalue weighted by atomic mass is 33.1. The van der Waals surface area contributed by atoms with Crippen molar-refractivity contribution in [1.29, 1.82) is 0 Å². The van der Waals surface area contributed by atoms with Crippen LogP contribution in [0.15, 0.2) is 0 Å². The standard InChI is InChI=1S/C34H62N6O7S2/c1-19(2)9-23-11-31(43)40-28(22(7)8)16-33(45)39-26(13-30(42)37-24(10-20(3)4)14-34(46)47)18-49-48-17-25(12-29(41)36-23)38-32(44)15-27(35)21(5)6/h19-28H,9-18,35H2,1-8H3,(H,36,41)(H,37,42)(H,38,44)(H,39,45)(H,40,43)(H,46,47)/t23-,24-,25?,26?,27+,28+/m0/s1. The molecule has 0 spiro atoms. The fraction of sp³-hybridized carbons (Fsp3) is 0.824. The van der Waals surface area contributed by atoms with Gasteiger partial charge in [0.15, 0.2) is 0 Å². The molecule has 1 aliphatic heterocycles. The second-order valence-corrected chi connectivity index (χ2v) is 17.4. The third-order valence-corrected chi connectivity index (χ3v) is 10.7. The van der Waals surface area contributed by atoms with Crippen LogP contribution in [0.3, 0.4) is 0 Å². The summed E-state index contributed by atoms with van der Waals surface area (Å²) in [5.74, 6) is -1.42. The second-order valence-electron chi connectivity index (χ2n) is 14.8. The molecule has 1 rings (SSSR count). The molecule has 1 heterocycles. The van der Waals surface area contributed by atoms with E-state index in [1.807, 2.05) is 55.4 Å². The van der Waals surface area contributed by atoms with E-state index in [4.69, 9.17) is 5.73 Å². The molecule has 282 valence electrons. The van der Waals surface area contributed by atoms with Crippen LogP contribution in [0, 0.1) is 23.7 Å². The first-order valence-electron chi connectivity index (χ1n) is 17.5. The Morgan fingerprint density at radius 3 is 1.96 bits per heavy atom. The van der Waals surface area contributed by atoms with Crippen molar-refractivity contribution in [1.82, 2.24) is 26.6 Å². The van der Waals surface area contributed by atoms with E-state index in [0.29, 0.717) is 24.3 Å². The van der Waals surface area contributed by atoms with Gasteiger partial charge in [-0.3, -0.25) is 28.8 Å². The van der Waals surface area contributed by atoms with Crippen molar-refractivity contribution in [3.8, 4) is 0 Å². The fourth-order valence-electron chi connectivity index (χ4n) is 5.49. The van der Waals surface area contributed by atoms with Gasteiger partial charge in [-0.2, -0.15) is 0 Å². The molecule has 0 aromatic rings. The van der Waals surface area contributed by atoms with Crippen LogP contribution in [-0.2, 0) is 28.8 Å². The minimum Gasteiger partial charge on any atom is -0.481 e. The number of hydrogen-bond acceptors (Lipinski definition) is 9. The summed E-state index contributed by atoms with van der Waals surface area (Å²) in [5, 5.41) is 24.1. The summed E-state index contributed by atoms with van der Waals surface area (Å²) >= 11 is 0. The number of rotatable bonds is 14. The molecule has 0 aromatic carbocycles. The highest BCUT2D eigenvalue weighted by Gasteiger charge is 2.28. The monoisotopic (exact) mass is 730 g/mol. The predicted molar refractivity (Wildman–Crippen MR) is 196 cm³/mol. The van der Waals surface area contributed by atoms with Gasteiger partial charge in [0, 0.05) is 79.9 Å². The Morgan fingerprint density at radius 1 is 0.796 bits per heavy atom. The highest BCUT2D eigenvalue weighted by molar-refractivity contribution is 8.76. The largest absolute Gasteiger partial charge is 0.481 e. The summed E-state index contributed by atoms with van der Waals surface area (Å²) < 4.78 is 0. The Kier molecular flexibility index (Phi) is 20.9. The SMILES string of the molecule is CC(C)C[C@@H](CC(=O)O)NC(=O)CC1CSSCC(NC(=O)C[C@@H](N)C(C)C)CC(=O)N[C@@H](CC(C)C)CC(=O)N[C@@H](C(C)C)CC(=O)N1.